The second-order valence-electron chi connectivity index (χ2n) is 6.89. The van der Waals surface area contributed by atoms with E-state index in [-0.39, 0.29) is 0 Å². The number of anilines is 1. The van der Waals surface area contributed by atoms with Crippen LogP contribution in [0.1, 0.15) is 33.1 Å². The highest BCUT2D eigenvalue weighted by Crippen LogP contribution is 2.35. The summed E-state index contributed by atoms with van der Waals surface area (Å²) < 4.78 is 0. The molecule has 1 aliphatic heterocycles. The molecule has 1 N–H and O–H groups in total. The van der Waals surface area contributed by atoms with Crippen LogP contribution in [-0.4, -0.2) is 38.2 Å². The number of hydrogen-bond acceptors (Lipinski definition) is 5. The molecular weight excluding hydrogens is 300 g/mol. The van der Waals surface area contributed by atoms with Gasteiger partial charge in [-0.05, 0) is 30.4 Å². The number of nitrogens with zero attached hydrogens (tertiary/aromatic N) is 5. The molecule has 0 aromatic carbocycles. The summed E-state index contributed by atoms with van der Waals surface area (Å²) in [5, 5.41) is 7.41. The quantitative estimate of drug-likeness (QED) is 0.800. The Hall–Kier alpha value is -2.50. The van der Waals surface area contributed by atoms with E-state index >= 15 is 0 Å². The van der Waals surface area contributed by atoms with Crippen LogP contribution in [-0.2, 0) is 0 Å². The third-order valence-electron chi connectivity index (χ3n) is 5.37. The maximum absolute atomic E-state index is 4.72. The third-order valence-corrected chi connectivity index (χ3v) is 5.37. The summed E-state index contributed by atoms with van der Waals surface area (Å²) in [6.45, 7) is 6.73. The number of aromatic amines is 1. The Balaban J connectivity index is 1.61. The molecule has 1 fully saturated rings. The molecule has 4 heterocycles. The standard InChI is InChI=1S/C18H22N6/c1-3-18(2)6-10-24(11-7-18)14-12-20-16-15(22-23-17(16)21-14)13-4-8-19-9-5-13/h4-5,8-9,12H,3,6-7,10-11H2,1-2H3,(H,21,22,23). The molecule has 3 aromatic heterocycles. The fraction of sp³-hybridized carbons (Fsp3) is 0.444. The summed E-state index contributed by atoms with van der Waals surface area (Å²) in [6, 6.07) is 3.89. The molecule has 3 aromatic rings. The molecule has 6 nitrogen and oxygen atoms in total. The number of hydrogen-bond donors (Lipinski definition) is 1. The molecular formula is C18H22N6. The Bertz CT molecular complexity index is 833. The summed E-state index contributed by atoms with van der Waals surface area (Å²) >= 11 is 0. The van der Waals surface area contributed by atoms with E-state index in [1.54, 1.807) is 12.4 Å². The van der Waals surface area contributed by atoms with Gasteiger partial charge in [0.05, 0.1) is 11.9 Å². The Labute approximate surface area is 141 Å². The van der Waals surface area contributed by atoms with Crippen molar-refractivity contribution in [1.82, 2.24) is 25.1 Å². The molecule has 6 heteroatoms. The predicted molar refractivity (Wildman–Crippen MR) is 94.8 cm³/mol. The van der Waals surface area contributed by atoms with E-state index in [0.717, 1.165) is 35.7 Å². The monoisotopic (exact) mass is 322 g/mol. The van der Waals surface area contributed by atoms with Gasteiger partial charge in [0.1, 0.15) is 11.3 Å². The molecule has 0 bridgehead atoms. The summed E-state index contributed by atoms with van der Waals surface area (Å²) in [6.07, 6.45) is 9.04. The van der Waals surface area contributed by atoms with Gasteiger partial charge in [0.25, 0.3) is 0 Å². The molecule has 1 saturated heterocycles. The number of fused-ring (bicyclic) bond motifs is 1. The van der Waals surface area contributed by atoms with Crippen molar-refractivity contribution in [2.45, 2.75) is 33.1 Å². The van der Waals surface area contributed by atoms with Gasteiger partial charge in [-0.25, -0.2) is 9.97 Å². The molecule has 0 spiro atoms. The fourth-order valence-corrected chi connectivity index (χ4v) is 3.29. The van der Waals surface area contributed by atoms with E-state index in [2.05, 4.69) is 38.9 Å². The molecule has 0 saturated carbocycles. The van der Waals surface area contributed by atoms with Crippen molar-refractivity contribution in [1.29, 1.82) is 0 Å². The molecule has 1 aliphatic rings. The van der Waals surface area contributed by atoms with Crippen molar-refractivity contribution in [3.63, 3.8) is 0 Å². The van der Waals surface area contributed by atoms with Crippen molar-refractivity contribution in [2.75, 3.05) is 18.0 Å². The lowest BCUT2D eigenvalue weighted by Gasteiger charge is -2.39. The predicted octanol–water partition coefficient (Wildman–Crippen LogP) is 3.43. The van der Waals surface area contributed by atoms with Crippen molar-refractivity contribution in [3.8, 4) is 11.3 Å². The van der Waals surface area contributed by atoms with E-state index in [9.17, 15) is 0 Å². The average molecular weight is 322 g/mol. The van der Waals surface area contributed by atoms with Crippen LogP contribution in [0, 0.1) is 5.41 Å². The average Bonchev–Trinajstić information content (AvgIpc) is 3.06. The Morgan fingerprint density at radius 2 is 1.96 bits per heavy atom. The number of rotatable bonds is 3. The Morgan fingerprint density at radius 3 is 2.67 bits per heavy atom. The SMILES string of the molecule is CCC1(C)CCN(c2cnc3c(-c4ccncc4)[nH]nc3n2)CC1. The van der Waals surface area contributed by atoms with Gasteiger partial charge >= 0.3 is 0 Å². The van der Waals surface area contributed by atoms with Crippen LogP contribution in [0.4, 0.5) is 5.82 Å². The molecule has 24 heavy (non-hydrogen) atoms. The molecule has 124 valence electrons. The van der Waals surface area contributed by atoms with Crippen LogP contribution in [0.25, 0.3) is 22.4 Å². The maximum atomic E-state index is 4.72. The minimum Gasteiger partial charge on any atom is -0.355 e. The first-order valence-electron chi connectivity index (χ1n) is 8.55. The van der Waals surface area contributed by atoms with Gasteiger partial charge in [0, 0.05) is 31.0 Å². The van der Waals surface area contributed by atoms with Crippen molar-refractivity contribution < 1.29 is 0 Å². The summed E-state index contributed by atoms with van der Waals surface area (Å²) in [7, 11) is 0. The molecule has 0 amide bonds. The van der Waals surface area contributed by atoms with E-state index in [4.69, 9.17) is 4.98 Å². The second kappa shape index (κ2) is 5.85. The van der Waals surface area contributed by atoms with E-state index in [1.165, 1.54) is 19.3 Å². The summed E-state index contributed by atoms with van der Waals surface area (Å²) in [4.78, 5) is 15.7. The minimum absolute atomic E-state index is 0.467. The van der Waals surface area contributed by atoms with Gasteiger partial charge < -0.3 is 4.90 Å². The number of aromatic nitrogens is 5. The number of piperidine rings is 1. The lowest BCUT2D eigenvalue weighted by Crippen LogP contribution is -2.38. The van der Waals surface area contributed by atoms with Crippen molar-refractivity contribution in [3.05, 3.63) is 30.7 Å². The van der Waals surface area contributed by atoms with Gasteiger partial charge in [0.2, 0.25) is 5.65 Å². The number of nitrogens with one attached hydrogen (secondary N) is 1. The van der Waals surface area contributed by atoms with Crippen LogP contribution < -0.4 is 4.90 Å². The van der Waals surface area contributed by atoms with Crippen LogP contribution in [0.5, 0.6) is 0 Å². The molecule has 0 radical (unpaired) electrons. The van der Waals surface area contributed by atoms with Gasteiger partial charge in [-0.2, -0.15) is 5.10 Å². The highest BCUT2D eigenvalue weighted by molar-refractivity contribution is 5.87. The maximum Gasteiger partial charge on any atom is 0.202 e. The van der Waals surface area contributed by atoms with Gasteiger partial charge in [-0.1, -0.05) is 20.3 Å². The lowest BCUT2D eigenvalue weighted by atomic mass is 9.78. The van der Waals surface area contributed by atoms with Crippen molar-refractivity contribution in [2.24, 2.45) is 5.41 Å². The number of H-pyrrole nitrogens is 1. The first-order valence-corrected chi connectivity index (χ1v) is 8.55. The Kier molecular flexibility index (Phi) is 3.67. The smallest absolute Gasteiger partial charge is 0.202 e. The zero-order chi connectivity index (χ0) is 16.6. The van der Waals surface area contributed by atoms with Crippen LogP contribution in [0.2, 0.25) is 0 Å². The topological polar surface area (TPSA) is 70.6 Å². The third kappa shape index (κ3) is 2.62. The molecule has 4 rings (SSSR count). The summed E-state index contributed by atoms with van der Waals surface area (Å²) in [5.74, 6) is 0.924. The van der Waals surface area contributed by atoms with Crippen LogP contribution in [0.3, 0.4) is 0 Å². The van der Waals surface area contributed by atoms with Gasteiger partial charge in [-0.3, -0.25) is 10.1 Å². The van der Waals surface area contributed by atoms with E-state index in [1.807, 2.05) is 18.3 Å². The van der Waals surface area contributed by atoms with E-state index < -0.39 is 0 Å². The zero-order valence-electron chi connectivity index (χ0n) is 14.2. The largest absolute Gasteiger partial charge is 0.355 e. The molecule has 0 atom stereocenters. The summed E-state index contributed by atoms with van der Waals surface area (Å²) in [5.41, 5.74) is 3.85. The van der Waals surface area contributed by atoms with Gasteiger partial charge in [-0.15, -0.1) is 0 Å². The second-order valence-corrected chi connectivity index (χ2v) is 6.89. The minimum atomic E-state index is 0.467. The van der Waals surface area contributed by atoms with Crippen molar-refractivity contribution >= 4 is 17.0 Å². The zero-order valence-corrected chi connectivity index (χ0v) is 14.2. The first-order chi connectivity index (χ1) is 11.7. The number of pyridine rings is 1. The lowest BCUT2D eigenvalue weighted by molar-refractivity contribution is 0.238. The normalized spacial score (nSPS) is 17.3. The Morgan fingerprint density at radius 1 is 1.21 bits per heavy atom. The van der Waals surface area contributed by atoms with Crippen LogP contribution in [0.15, 0.2) is 30.7 Å². The van der Waals surface area contributed by atoms with E-state index in [0.29, 0.717) is 11.1 Å². The van der Waals surface area contributed by atoms with Gasteiger partial charge in [0.15, 0.2) is 0 Å². The molecule has 0 unspecified atom stereocenters. The highest BCUT2D eigenvalue weighted by Gasteiger charge is 2.29. The van der Waals surface area contributed by atoms with Crippen LogP contribution >= 0.6 is 0 Å². The fourth-order valence-electron chi connectivity index (χ4n) is 3.29. The highest BCUT2D eigenvalue weighted by atomic mass is 15.2. The molecule has 0 aliphatic carbocycles. The first kappa shape index (κ1) is 15.1.